The summed E-state index contributed by atoms with van der Waals surface area (Å²) in [5.41, 5.74) is 6.07. The van der Waals surface area contributed by atoms with Crippen LogP contribution in [0.1, 0.15) is 15.9 Å². The normalized spacial score (nSPS) is 10.1. The highest BCUT2D eigenvalue weighted by Gasteiger charge is 2.10. The highest BCUT2D eigenvalue weighted by atomic mass is 32.1. The monoisotopic (exact) mass is 292 g/mol. The van der Waals surface area contributed by atoms with Crippen molar-refractivity contribution in [3.8, 4) is 0 Å². The lowest BCUT2D eigenvalue weighted by Crippen LogP contribution is -2.15. The first-order valence-corrected chi connectivity index (χ1v) is 6.04. The van der Waals surface area contributed by atoms with Gasteiger partial charge in [-0.25, -0.2) is 8.78 Å². The number of nitrogens with one attached hydrogen (secondary N) is 1. The van der Waals surface area contributed by atoms with Crippen LogP contribution in [0.5, 0.6) is 0 Å². The zero-order valence-corrected chi connectivity index (χ0v) is 11.0. The number of amides is 1. The Hall–Kier alpha value is -2.34. The molecule has 0 atom stereocenters. The lowest BCUT2D eigenvalue weighted by molar-refractivity contribution is 0.102. The quantitative estimate of drug-likeness (QED) is 0.855. The van der Waals surface area contributed by atoms with Crippen molar-refractivity contribution < 1.29 is 13.6 Å². The van der Waals surface area contributed by atoms with Crippen LogP contribution in [0.25, 0.3) is 0 Å². The average molecular weight is 292 g/mol. The van der Waals surface area contributed by atoms with Gasteiger partial charge < -0.3 is 11.1 Å². The molecule has 0 heterocycles. The van der Waals surface area contributed by atoms with Crippen molar-refractivity contribution in [1.29, 1.82) is 0 Å². The van der Waals surface area contributed by atoms with Gasteiger partial charge in [0.2, 0.25) is 0 Å². The summed E-state index contributed by atoms with van der Waals surface area (Å²) < 4.78 is 26.2. The number of hydrogen-bond acceptors (Lipinski definition) is 2. The Bertz CT molecular complexity index is 671. The molecule has 0 bridgehead atoms. The molecular formula is C14H10F2N2OS. The Balaban J connectivity index is 2.21. The molecule has 0 radical (unpaired) electrons. The van der Waals surface area contributed by atoms with Gasteiger partial charge in [0.25, 0.3) is 5.91 Å². The fourth-order valence-electron chi connectivity index (χ4n) is 1.60. The van der Waals surface area contributed by atoms with E-state index >= 15 is 0 Å². The Kier molecular flexibility index (Phi) is 4.05. The van der Waals surface area contributed by atoms with Crippen molar-refractivity contribution in [2.24, 2.45) is 5.73 Å². The van der Waals surface area contributed by atoms with Crippen molar-refractivity contribution in [2.45, 2.75) is 0 Å². The number of nitrogens with two attached hydrogens (primary N) is 1. The number of halogens is 2. The van der Waals surface area contributed by atoms with E-state index in [1.165, 1.54) is 36.4 Å². The number of benzene rings is 2. The van der Waals surface area contributed by atoms with E-state index in [4.69, 9.17) is 18.0 Å². The SMILES string of the molecule is NC(=S)c1cc(NC(=O)c2ccc(F)cc2)ccc1F. The maximum atomic E-state index is 13.4. The van der Waals surface area contributed by atoms with Crippen LogP contribution in [0.4, 0.5) is 14.5 Å². The second-order valence-corrected chi connectivity index (χ2v) is 4.46. The lowest BCUT2D eigenvalue weighted by Gasteiger charge is -2.08. The van der Waals surface area contributed by atoms with E-state index < -0.39 is 17.5 Å². The standard InChI is InChI=1S/C14H10F2N2OS/c15-9-3-1-8(2-4-9)14(19)18-10-5-6-12(16)11(7-10)13(17)20/h1-7H,(H2,17,20)(H,18,19). The van der Waals surface area contributed by atoms with Gasteiger partial charge in [-0.1, -0.05) is 12.2 Å². The maximum Gasteiger partial charge on any atom is 0.255 e. The maximum absolute atomic E-state index is 13.4. The third kappa shape index (κ3) is 3.16. The highest BCUT2D eigenvalue weighted by Crippen LogP contribution is 2.16. The molecule has 0 aliphatic rings. The zero-order chi connectivity index (χ0) is 14.7. The van der Waals surface area contributed by atoms with Gasteiger partial charge >= 0.3 is 0 Å². The molecule has 0 aliphatic carbocycles. The number of carbonyl (C=O) groups is 1. The molecule has 3 nitrogen and oxygen atoms in total. The second kappa shape index (κ2) is 5.75. The Morgan fingerprint density at radius 1 is 1.10 bits per heavy atom. The predicted octanol–water partition coefficient (Wildman–Crippen LogP) is 2.85. The summed E-state index contributed by atoms with van der Waals surface area (Å²) in [5, 5.41) is 2.56. The molecule has 20 heavy (non-hydrogen) atoms. The zero-order valence-electron chi connectivity index (χ0n) is 10.2. The smallest absolute Gasteiger partial charge is 0.255 e. The van der Waals surface area contributed by atoms with Gasteiger partial charge in [-0.05, 0) is 42.5 Å². The average Bonchev–Trinajstić information content (AvgIpc) is 2.41. The van der Waals surface area contributed by atoms with Crippen molar-refractivity contribution in [3.05, 3.63) is 65.2 Å². The van der Waals surface area contributed by atoms with Crippen LogP contribution in [0.3, 0.4) is 0 Å². The fraction of sp³-hybridized carbons (Fsp3) is 0. The summed E-state index contributed by atoms with van der Waals surface area (Å²) >= 11 is 4.71. The Morgan fingerprint density at radius 2 is 1.75 bits per heavy atom. The first-order chi connectivity index (χ1) is 9.47. The van der Waals surface area contributed by atoms with Crippen LogP contribution in [0, 0.1) is 11.6 Å². The number of hydrogen-bond donors (Lipinski definition) is 2. The van der Waals surface area contributed by atoms with Crippen molar-refractivity contribution in [1.82, 2.24) is 0 Å². The third-order valence-electron chi connectivity index (χ3n) is 2.60. The minimum Gasteiger partial charge on any atom is -0.389 e. The van der Waals surface area contributed by atoms with Crippen LogP contribution in [-0.4, -0.2) is 10.9 Å². The Labute approximate surface area is 119 Å². The first-order valence-electron chi connectivity index (χ1n) is 5.63. The van der Waals surface area contributed by atoms with Gasteiger partial charge in [0, 0.05) is 16.8 Å². The van der Waals surface area contributed by atoms with Crippen LogP contribution in [0.15, 0.2) is 42.5 Å². The molecule has 2 aromatic carbocycles. The molecule has 0 aromatic heterocycles. The number of carbonyl (C=O) groups excluding carboxylic acids is 1. The van der Waals surface area contributed by atoms with E-state index in [9.17, 15) is 13.6 Å². The van der Waals surface area contributed by atoms with Gasteiger partial charge in [-0.15, -0.1) is 0 Å². The molecule has 2 rings (SSSR count). The van der Waals surface area contributed by atoms with E-state index in [1.807, 2.05) is 0 Å². The first kappa shape index (κ1) is 14.1. The van der Waals surface area contributed by atoms with Crippen LogP contribution < -0.4 is 11.1 Å². The summed E-state index contributed by atoms with van der Waals surface area (Å²) in [7, 11) is 0. The van der Waals surface area contributed by atoms with Gasteiger partial charge in [-0.3, -0.25) is 4.79 Å². The van der Waals surface area contributed by atoms with Crippen molar-refractivity contribution in [2.75, 3.05) is 5.32 Å². The predicted molar refractivity (Wildman–Crippen MR) is 76.6 cm³/mol. The van der Waals surface area contributed by atoms with Gasteiger partial charge in [0.15, 0.2) is 0 Å². The summed E-state index contributed by atoms with van der Waals surface area (Å²) in [6.07, 6.45) is 0. The lowest BCUT2D eigenvalue weighted by atomic mass is 10.1. The number of thiocarbonyl (C=S) groups is 1. The second-order valence-electron chi connectivity index (χ2n) is 4.02. The molecule has 0 saturated carbocycles. The van der Waals surface area contributed by atoms with Crippen molar-refractivity contribution >= 4 is 28.8 Å². The van der Waals surface area contributed by atoms with Crippen molar-refractivity contribution in [3.63, 3.8) is 0 Å². The molecule has 2 aromatic rings. The fourth-order valence-corrected chi connectivity index (χ4v) is 1.75. The molecule has 1 amide bonds. The summed E-state index contributed by atoms with van der Waals surface area (Å²) in [6.45, 7) is 0. The van der Waals surface area contributed by atoms with E-state index in [0.717, 1.165) is 6.07 Å². The molecule has 0 spiro atoms. The largest absolute Gasteiger partial charge is 0.389 e. The molecule has 0 aliphatic heterocycles. The van der Waals surface area contributed by atoms with Crippen LogP contribution >= 0.6 is 12.2 Å². The summed E-state index contributed by atoms with van der Waals surface area (Å²) in [6, 6.07) is 8.96. The van der Waals surface area contributed by atoms with E-state index in [0.29, 0.717) is 5.69 Å². The molecule has 0 unspecified atom stereocenters. The number of anilines is 1. The van der Waals surface area contributed by atoms with E-state index in [1.54, 1.807) is 0 Å². The van der Waals surface area contributed by atoms with Gasteiger partial charge in [0.05, 0.1) is 0 Å². The molecular weight excluding hydrogens is 282 g/mol. The molecule has 0 fully saturated rings. The molecule has 102 valence electrons. The van der Waals surface area contributed by atoms with Crippen LogP contribution in [0.2, 0.25) is 0 Å². The minimum absolute atomic E-state index is 0.0527. The number of rotatable bonds is 3. The molecule has 6 heteroatoms. The topological polar surface area (TPSA) is 55.1 Å². The van der Waals surface area contributed by atoms with E-state index in [2.05, 4.69) is 5.32 Å². The van der Waals surface area contributed by atoms with Gasteiger partial charge in [-0.2, -0.15) is 0 Å². The van der Waals surface area contributed by atoms with Gasteiger partial charge in [0.1, 0.15) is 16.6 Å². The summed E-state index contributed by atoms with van der Waals surface area (Å²) in [5.74, 6) is -1.43. The summed E-state index contributed by atoms with van der Waals surface area (Å²) in [4.78, 5) is 11.8. The Morgan fingerprint density at radius 3 is 2.35 bits per heavy atom. The molecule has 0 saturated heterocycles. The van der Waals surface area contributed by atoms with Crippen LogP contribution in [-0.2, 0) is 0 Å². The minimum atomic E-state index is -0.558. The highest BCUT2D eigenvalue weighted by molar-refractivity contribution is 7.80. The van der Waals surface area contributed by atoms with E-state index in [-0.39, 0.29) is 16.1 Å². The third-order valence-corrected chi connectivity index (χ3v) is 2.82. The molecule has 3 N–H and O–H groups in total.